The van der Waals surface area contributed by atoms with E-state index < -0.39 is 0 Å². The first-order valence-electron chi connectivity index (χ1n) is 4.93. The monoisotopic (exact) mass is 230 g/mol. The van der Waals surface area contributed by atoms with E-state index in [1.54, 1.807) is 4.90 Å². The van der Waals surface area contributed by atoms with Gasteiger partial charge in [0.1, 0.15) is 0 Å². The standard InChI is InChI=1S/C10H15ClN2O2/c1-3-13-6-8(4-9(13)14)10(15)12-5-7(2)11/h8H,2-6H2,1H3,(H,12,15). The summed E-state index contributed by atoms with van der Waals surface area (Å²) in [6.45, 7) is 6.80. The molecular formula is C10H15ClN2O2. The number of carbonyl (C=O) groups excluding carboxylic acids is 2. The average Bonchev–Trinajstić information content (AvgIpc) is 2.56. The van der Waals surface area contributed by atoms with Crippen molar-refractivity contribution in [2.24, 2.45) is 5.92 Å². The van der Waals surface area contributed by atoms with Gasteiger partial charge in [-0.15, -0.1) is 0 Å². The molecule has 15 heavy (non-hydrogen) atoms. The van der Waals surface area contributed by atoms with Gasteiger partial charge in [-0.05, 0) is 6.92 Å². The lowest BCUT2D eigenvalue weighted by atomic mass is 10.1. The lowest BCUT2D eigenvalue weighted by Gasteiger charge is -2.13. The van der Waals surface area contributed by atoms with Gasteiger partial charge in [-0.3, -0.25) is 9.59 Å². The molecule has 1 N–H and O–H groups in total. The zero-order valence-electron chi connectivity index (χ0n) is 8.75. The average molecular weight is 231 g/mol. The van der Waals surface area contributed by atoms with E-state index in [0.717, 1.165) is 0 Å². The topological polar surface area (TPSA) is 49.4 Å². The molecule has 1 fully saturated rings. The van der Waals surface area contributed by atoms with Crippen molar-refractivity contribution >= 4 is 23.4 Å². The summed E-state index contributed by atoms with van der Waals surface area (Å²) in [5.41, 5.74) is 0. The first kappa shape index (κ1) is 12.0. The molecule has 0 aliphatic carbocycles. The number of rotatable bonds is 4. The van der Waals surface area contributed by atoms with Crippen molar-refractivity contribution in [1.29, 1.82) is 0 Å². The molecule has 1 aliphatic rings. The number of nitrogens with one attached hydrogen (secondary N) is 1. The van der Waals surface area contributed by atoms with Crippen LogP contribution in [0.15, 0.2) is 11.6 Å². The van der Waals surface area contributed by atoms with E-state index in [2.05, 4.69) is 11.9 Å². The number of hydrogen-bond donors (Lipinski definition) is 1. The number of hydrogen-bond acceptors (Lipinski definition) is 2. The van der Waals surface area contributed by atoms with Crippen LogP contribution in [-0.4, -0.2) is 36.3 Å². The third kappa shape index (κ3) is 3.23. The maximum absolute atomic E-state index is 11.6. The van der Waals surface area contributed by atoms with Gasteiger partial charge in [0.05, 0.1) is 12.5 Å². The summed E-state index contributed by atoms with van der Waals surface area (Å²) in [7, 11) is 0. The quantitative estimate of drug-likeness (QED) is 0.774. The van der Waals surface area contributed by atoms with Crippen LogP contribution < -0.4 is 5.32 Å². The fourth-order valence-electron chi connectivity index (χ4n) is 1.58. The van der Waals surface area contributed by atoms with Gasteiger partial charge in [-0.2, -0.15) is 0 Å². The fraction of sp³-hybridized carbons (Fsp3) is 0.600. The number of nitrogens with zero attached hydrogens (tertiary/aromatic N) is 1. The van der Waals surface area contributed by atoms with E-state index in [0.29, 0.717) is 24.5 Å². The van der Waals surface area contributed by atoms with Gasteiger partial charge in [0.2, 0.25) is 11.8 Å². The summed E-state index contributed by atoms with van der Waals surface area (Å²) in [4.78, 5) is 24.6. The van der Waals surface area contributed by atoms with Crippen LogP contribution >= 0.6 is 11.6 Å². The SMILES string of the molecule is C=C(Cl)CNC(=O)C1CC(=O)N(CC)C1. The lowest BCUT2D eigenvalue weighted by molar-refractivity contribution is -0.128. The molecule has 0 saturated carbocycles. The highest BCUT2D eigenvalue weighted by molar-refractivity contribution is 6.29. The van der Waals surface area contributed by atoms with Crippen molar-refractivity contribution in [3.8, 4) is 0 Å². The van der Waals surface area contributed by atoms with Crippen LogP contribution in [0, 0.1) is 5.92 Å². The van der Waals surface area contributed by atoms with Crippen LogP contribution in [0.25, 0.3) is 0 Å². The Labute approximate surface area is 94.3 Å². The molecule has 1 atom stereocenters. The predicted octanol–water partition coefficient (Wildman–Crippen LogP) is 0.724. The van der Waals surface area contributed by atoms with Gasteiger partial charge in [0.15, 0.2) is 0 Å². The first-order valence-corrected chi connectivity index (χ1v) is 5.31. The normalized spacial score (nSPS) is 20.5. The Bertz CT molecular complexity index is 291. The van der Waals surface area contributed by atoms with Crippen LogP contribution in [0.4, 0.5) is 0 Å². The van der Waals surface area contributed by atoms with Gasteiger partial charge in [-0.25, -0.2) is 0 Å². The minimum absolute atomic E-state index is 0.0438. The molecule has 1 saturated heterocycles. The minimum atomic E-state index is -0.242. The molecule has 1 rings (SSSR count). The molecule has 1 heterocycles. The molecule has 0 aromatic carbocycles. The van der Waals surface area contributed by atoms with Crippen molar-refractivity contribution < 1.29 is 9.59 Å². The lowest BCUT2D eigenvalue weighted by Crippen LogP contribution is -2.33. The summed E-state index contributed by atoms with van der Waals surface area (Å²) in [5.74, 6) is -0.322. The first-order chi connectivity index (χ1) is 7.04. The second kappa shape index (κ2) is 5.16. The Morgan fingerprint density at radius 1 is 1.73 bits per heavy atom. The van der Waals surface area contributed by atoms with Gasteiger partial charge < -0.3 is 10.2 Å². The number of carbonyl (C=O) groups is 2. The largest absolute Gasteiger partial charge is 0.351 e. The van der Waals surface area contributed by atoms with E-state index in [9.17, 15) is 9.59 Å². The molecule has 1 aliphatic heterocycles. The highest BCUT2D eigenvalue weighted by atomic mass is 35.5. The predicted molar refractivity (Wildman–Crippen MR) is 58.4 cm³/mol. The van der Waals surface area contributed by atoms with Crippen LogP contribution in [0.5, 0.6) is 0 Å². The summed E-state index contributed by atoms with van der Waals surface area (Å²) >= 11 is 5.53. The van der Waals surface area contributed by atoms with Crippen molar-refractivity contribution in [3.05, 3.63) is 11.6 Å². The van der Waals surface area contributed by atoms with Crippen LogP contribution in [0.1, 0.15) is 13.3 Å². The molecule has 0 aromatic rings. The van der Waals surface area contributed by atoms with E-state index in [-0.39, 0.29) is 24.3 Å². The molecule has 0 radical (unpaired) electrons. The van der Waals surface area contributed by atoms with Gasteiger partial charge >= 0.3 is 0 Å². The van der Waals surface area contributed by atoms with Crippen LogP contribution in [0.2, 0.25) is 0 Å². The van der Waals surface area contributed by atoms with E-state index in [4.69, 9.17) is 11.6 Å². The zero-order valence-corrected chi connectivity index (χ0v) is 9.51. The molecule has 0 bridgehead atoms. The Hall–Kier alpha value is -1.03. The molecule has 1 unspecified atom stereocenters. The Balaban J connectivity index is 2.42. The Kier molecular flexibility index (Phi) is 4.15. The molecule has 5 heteroatoms. The molecule has 0 aromatic heterocycles. The Morgan fingerprint density at radius 3 is 2.87 bits per heavy atom. The van der Waals surface area contributed by atoms with Crippen molar-refractivity contribution in [3.63, 3.8) is 0 Å². The third-order valence-corrected chi connectivity index (χ3v) is 2.56. The second-order valence-electron chi connectivity index (χ2n) is 3.57. The van der Waals surface area contributed by atoms with Crippen molar-refractivity contribution in [2.75, 3.05) is 19.6 Å². The van der Waals surface area contributed by atoms with Crippen LogP contribution in [0.3, 0.4) is 0 Å². The number of likely N-dealkylation sites (tertiary alicyclic amines) is 1. The molecule has 2 amide bonds. The molecule has 4 nitrogen and oxygen atoms in total. The summed E-state index contributed by atoms with van der Waals surface area (Å²) in [6.07, 6.45) is 0.300. The summed E-state index contributed by atoms with van der Waals surface area (Å²) < 4.78 is 0. The fourth-order valence-corrected chi connectivity index (χ4v) is 1.65. The molecule has 84 valence electrons. The van der Waals surface area contributed by atoms with Gasteiger partial charge in [0, 0.05) is 24.5 Å². The minimum Gasteiger partial charge on any atom is -0.351 e. The maximum atomic E-state index is 11.6. The van der Waals surface area contributed by atoms with E-state index >= 15 is 0 Å². The molecule has 0 spiro atoms. The number of amides is 2. The zero-order chi connectivity index (χ0) is 11.4. The molecular weight excluding hydrogens is 216 g/mol. The third-order valence-electron chi connectivity index (χ3n) is 2.42. The Morgan fingerprint density at radius 2 is 2.40 bits per heavy atom. The van der Waals surface area contributed by atoms with Gasteiger partial charge in [-0.1, -0.05) is 18.2 Å². The van der Waals surface area contributed by atoms with Crippen molar-refractivity contribution in [1.82, 2.24) is 10.2 Å². The second-order valence-corrected chi connectivity index (χ2v) is 4.10. The highest BCUT2D eigenvalue weighted by Crippen LogP contribution is 2.17. The maximum Gasteiger partial charge on any atom is 0.225 e. The summed E-state index contributed by atoms with van der Waals surface area (Å²) in [6, 6.07) is 0. The number of halogens is 1. The van der Waals surface area contributed by atoms with Crippen molar-refractivity contribution in [2.45, 2.75) is 13.3 Å². The highest BCUT2D eigenvalue weighted by Gasteiger charge is 2.32. The summed E-state index contributed by atoms with van der Waals surface area (Å²) in [5, 5.41) is 3.03. The van der Waals surface area contributed by atoms with Crippen LogP contribution in [-0.2, 0) is 9.59 Å². The van der Waals surface area contributed by atoms with Gasteiger partial charge in [0.25, 0.3) is 0 Å². The smallest absolute Gasteiger partial charge is 0.225 e. The van der Waals surface area contributed by atoms with E-state index in [1.807, 2.05) is 6.92 Å². The van der Waals surface area contributed by atoms with E-state index in [1.165, 1.54) is 0 Å².